The lowest BCUT2D eigenvalue weighted by molar-refractivity contribution is -0.142. The lowest BCUT2D eigenvalue weighted by Gasteiger charge is -2.00. The Morgan fingerprint density at radius 3 is 2.64 bits per heavy atom. The van der Waals surface area contributed by atoms with Gasteiger partial charge in [-0.3, -0.25) is 0 Å². The van der Waals surface area contributed by atoms with Crippen LogP contribution in [0.3, 0.4) is 0 Å². The van der Waals surface area contributed by atoms with E-state index in [1.165, 1.54) is 0 Å². The highest BCUT2D eigenvalue weighted by Crippen LogP contribution is 1.88. The van der Waals surface area contributed by atoms with Crippen LogP contribution in [0.25, 0.3) is 0 Å². The minimum Gasteiger partial charge on any atom is -0.433 e. The van der Waals surface area contributed by atoms with Crippen molar-refractivity contribution in [1.82, 2.24) is 0 Å². The maximum absolute atomic E-state index is 10.6. The fraction of sp³-hybridized carbons (Fsp3) is 0.375. The zero-order valence-electron chi connectivity index (χ0n) is 6.63. The summed E-state index contributed by atoms with van der Waals surface area (Å²) in [6.45, 7) is 8.97. The van der Waals surface area contributed by atoms with Crippen LogP contribution in [0.15, 0.2) is 25.0 Å². The summed E-state index contributed by atoms with van der Waals surface area (Å²) in [6.07, 6.45) is 1.08. The van der Waals surface area contributed by atoms with E-state index in [9.17, 15) is 4.79 Å². The van der Waals surface area contributed by atoms with Crippen LogP contribution < -0.4 is 0 Å². The maximum atomic E-state index is 10.6. The number of ether oxygens (including phenoxy) is 2. The summed E-state index contributed by atoms with van der Waals surface area (Å²) >= 11 is 0. The highest BCUT2D eigenvalue weighted by atomic mass is 16.6. The molecule has 0 unspecified atom stereocenters. The van der Waals surface area contributed by atoms with Gasteiger partial charge in [-0.15, -0.1) is 0 Å². The van der Waals surface area contributed by atoms with Crippen LogP contribution in [0, 0.1) is 0 Å². The second-order valence-electron chi connectivity index (χ2n) is 2.11. The predicted molar refractivity (Wildman–Crippen MR) is 41.9 cm³/mol. The second kappa shape index (κ2) is 5.68. The molecule has 3 nitrogen and oxygen atoms in total. The van der Waals surface area contributed by atoms with Crippen molar-refractivity contribution in [3.63, 3.8) is 0 Å². The Morgan fingerprint density at radius 1 is 1.55 bits per heavy atom. The normalized spacial score (nSPS) is 8.82. The fourth-order valence-corrected chi connectivity index (χ4v) is 0.436. The molecule has 0 amide bonds. The van der Waals surface area contributed by atoms with E-state index >= 15 is 0 Å². The molecule has 0 atom stereocenters. The first-order valence-electron chi connectivity index (χ1n) is 3.19. The van der Waals surface area contributed by atoms with Gasteiger partial charge < -0.3 is 9.47 Å². The van der Waals surface area contributed by atoms with Crippen molar-refractivity contribution in [1.29, 1.82) is 0 Å². The zero-order chi connectivity index (χ0) is 8.69. The summed E-state index contributed by atoms with van der Waals surface area (Å²) in [6, 6.07) is 0. The summed E-state index contributed by atoms with van der Waals surface area (Å²) < 4.78 is 9.28. The molecule has 11 heavy (non-hydrogen) atoms. The van der Waals surface area contributed by atoms with Gasteiger partial charge in [0, 0.05) is 0 Å². The second-order valence-corrected chi connectivity index (χ2v) is 2.11. The van der Waals surface area contributed by atoms with Crippen molar-refractivity contribution >= 4 is 5.97 Å². The predicted octanol–water partition coefficient (Wildman–Crippen LogP) is 1.27. The standard InChI is InChI=1S/C8H12O3/c1-4-11-8(9)6-10-5-7(2)3/h4H,1-2,5-6H2,3H3. The molecule has 62 valence electrons. The molecular formula is C8H12O3. The quantitative estimate of drug-likeness (QED) is 0.341. The van der Waals surface area contributed by atoms with Crippen molar-refractivity contribution < 1.29 is 14.3 Å². The molecule has 0 heterocycles. The van der Waals surface area contributed by atoms with Gasteiger partial charge in [0.25, 0.3) is 0 Å². The van der Waals surface area contributed by atoms with Gasteiger partial charge >= 0.3 is 5.97 Å². The van der Waals surface area contributed by atoms with Crippen molar-refractivity contribution in [2.75, 3.05) is 13.2 Å². The van der Waals surface area contributed by atoms with E-state index in [-0.39, 0.29) is 6.61 Å². The van der Waals surface area contributed by atoms with Gasteiger partial charge in [-0.1, -0.05) is 18.7 Å². The van der Waals surface area contributed by atoms with Crippen molar-refractivity contribution in [2.24, 2.45) is 0 Å². The molecule has 0 radical (unpaired) electrons. The lowest BCUT2D eigenvalue weighted by atomic mass is 10.4. The molecule has 0 N–H and O–H groups in total. The topological polar surface area (TPSA) is 35.5 Å². The van der Waals surface area contributed by atoms with Gasteiger partial charge in [-0.2, -0.15) is 0 Å². The fourth-order valence-electron chi connectivity index (χ4n) is 0.436. The Balaban J connectivity index is 3.31. The van der Waals surface area contributed by atoms with E-state index in [2.05, 4.69) is 17.9 Å². The summed E-state index contributed by atoms with van der Waals surface area (Å²) in [5, 5.41) is 0. The van der Waals surface area contributed by atoms with Crippen molar-refractivity contribution in [2.45, 2.75) is 6.92 Å². The number of carbonyl (C=O) groups excluding carboxylic acids is 1. The third kappa shape index (κ3) is 6.80. The summed E-state index contributed by atoms with van der Waals surface area (Å²) in [7, 11) is 0. The molecule has 3 heteroatoms. The number of esters is 1. The molecule has 0 saturated carbocycles. The van der Waals surface area contributed by atoms with Crippen LogP contribution in [0.2, 0.25) is 0 Å². The van der Waals surface area contributed by atoms with Gasteiger partial charge in [0.2, 0.25) is 0 Å². The highest BCUT2D eigenvalue weighted by molar-refractivity contribution is 5.71. The molecule has 0 aromatic carbocycles. The number of rotatable bonds is 5. The van der Waals surface area contributed by atoms with Crippen LogP contribution in [0.1, 0.15) is 6.92 Å². The smallest absolute Gasteiger partial charge is 0.336 e. The molecule has 0 aromatic rings. The summed E-state index contributed by atoms with van der Waals surface area (Å²) in [5.41, 5.74) is 0.872. The maximum Gasteiger partial charge on any atom is 0.336 e. The van der Waals surface area contributed by atoms with E-state index in [0.717, 1.165) is 11.8 Å². The number of hydrogen-bond donors (Lipinski definition) is 0. The highest BCUT2D eigenvalue weighted by Gasteiger charge is 1.99. The largest absolute Gasteiger partial charge is 0.433 e. The Kier molecular flexibility index (Phi) is 5.11. The minimum atomic E-state index is -0.443. The first-order valence-corrected chi connectivity index (χ1v) is 3.19. The molecule has 0 aliphatic carbocycles. The Hall–Kier alpha value is -1.09. The molecule has 0 rings (SSSR count). The van der Waals surface area contributed by atoms with Gasteiger partial charge in [0.1, 0.15) is 6.61 Å². The average molecular weight is 156 g/mol. The SMILES string of the molecule is C=COC(=O)COCC(=C)C. The molecule has 0 spiro atoms. The van der Waals surface area contributed by atoms with Crippen LogP contribution in [-0.4, -0.2) is 19.2 Å². The molecule has 0 saturated heterocycles. The van der Waals surface area contributed by atoms with E-state index < -0.39 is 5.97 Å². The molecular weight excluding hydrogens is 144 g/mol. The molecule has 0 aliphatic heterocycles. The third-order valence-corrected chi connectivity index (χ3v) is 0.783. The average Bonchev–Trinajstić information content (AvgIpc) is 1.87. The first-order chi connectivity index (χ1) is 5.16. The summed E-state index contributed by atoms with van der Waals surface area (Å²) in [5.74, 6) is -0.443. The molecule has 0 aliphatic rings. The lowest BCUT2D eigenvalue weighted by Crippen LogP contribution is -2.10. The number of carbonyl (C=O) groups is 1. The van der Waals surface area contributed by atoms with Gasteiger partial charge in [0.05, 0.1) is 12.9 Å². The van der Waals surface area contributed by atoms with E-state index in [1.54, 1.807) is 0 Å². The molecule has 0 aromatic heterocycles. The van der Waals surface area contributed by atoms with Crippen LogP contribution >= 0.6 is 0 Å². The monoisotopic (exact) mass is 156 g/mol. The van der Waals surface area contributed by atoms with Gasteiger partial charge in [-0.25, -0.2) is 4.79 Å². The van der Waals surface area contributed by atoms with E-state index in [4.69, 9.17) is 4.74 Å². The third-order valence-electron chi connectivity index (χ3n) is 0.783. The minimum absolute atomic E-state index is 0.0567. The van der Waals surface area contributed by atoms with Crippen molar-refractivity contribution in [3.8, 4) is 0 Å². The Bertz CT molecular complexity index is 161. The van der Waals surface area contributed by atoms with E-state index in [1.807, 2.05) is 6.92 Å². The van der Waals surface area contributed by atoms with Gasteiger partial charge in [0.15, 0.2) is 0 Å². The molecule has 0 bridgehead atoms. The van der Waals surface area contributed by atoms with Gasteiger partial charge in [-0.05, 0) is 6.92 Å². The van der Waals surface area contributed by atoms with Crippen molar-refractivity contribution in [3.05, 3.63) is 25.0 Å². The van der Waals surface area contributed by atoms with Crippen LogP contribution in [-0.2, 0) is 14.3 Å². The Labute approximate surface area is 66.3 Å². The van der Waals surface area contributed by atoms with Crippen LogP contribution in [0.5, 0.6) is 0 Å². The Morgan fingerprint density at radius 2 is 2.18 bits per heavy atom. The molecule has 0 fully saturated rings. The zero-order valence-corrected chi connectivity index (χ0v) is 6.63. The number of hydrogen-bond acceptors (Lipinski definition) is 3. The van der Waals surface area contributed by atoms with E-state index in [0.29, 0.717) is 6.61 Å². The first kappa shape index (κ1) is 9.91. The summed E-state index contributed by atoms with van der Waals surface area (Å²) in [4.78, 5) is 10.6. The van der Waals surface area contributed by atoms with Crippen LogP contribution in [0.4, 0.5) is 0 Å².